The van der Waals surface area contributed by atoms with Crippen LogP contribution in [0, 0.1) is 0 Å². The Morgan fingerprint density at radius 2 is 0.388 bits per heavy atom. The first kappa shape index (κ1) is 63.5. The van der Waals surface area contributed by atoms with Crippen LogP contribution >= 0.6 is 0 Å². The van der Waals surface area contributed by atoms with Crippen molar-refractivity contribution in [3.63, 3.8) is 0 Å². The van der Waals surface area contributed by atoms with Crippen LogP contribution in [0.3, 0.4) is 0 Å². The SMILES string of the molecule is FC(F)C(F)(F)C(F)(F)C(F)(F)C(F)(F)C(F)(F)C(F)(F)C(F)(F)C(F)(F)C(F)(F)CC=COC=CCC(F)(F)C(F)(F)C(F)(F)C(F)(F)C(F)(F)C(F)(F)C(F)(F)C(F)(F)C(F)(F)C(F)F. The van der Waals surface area contributed by atoms with Crippen molar-refractivity contribution in [2.45, 2.75) is 132 Å². The smallest absolute Gasteiger partial charge is 0.385 e. The van der Waals surface area contributed by atoms with Crippen LogP contribution in [0.2, 0.25) is 0 Å². The molecule has 0 unspecified atom stereocenters. The summed E-state index contributed by atoms with van der Waals surface area (Å²) in [7, 11) is 0. The second-order valence-electron chi connectivity index (χ2n) is 12.6. The van der Waals surface area contributed by atoms with Crippen molar-refractivity contribution in [2.24, 2.45) is 0 Å². The van der Waals surface area contributed by atoms with Gasteiger partial charge in [0.15, 0.2) is 0 Å². The Morgan fingerprint density at radius 1 is 0.239 bits per heavy atom. The largest absolute Gasteiger partial charge is 0.473 e. The van der Waals surface area contributed by atoms with Crippen molar-refractivity contribution in [1.82, 2.24) is 0 Å². The molecule has 0 spiro atoms. The predicted molar refractivity (Wildman–Crippen MR) is 130 cm³/mol. The molecule has 67 heavy (non-hydrogen) atoms. The van der Waals surface area contributed by atoms with Gasteiger partial charge in [-0.25, -0.2) is 17.6 Å². The van der Waals surface area contributed by atoms with E-state index in [1.165, 1.54) is 0 Å². The average Bonchev–Trinajstić information content (AvgIpc) is 3.12. The molecule has 0 aliphatic rings. The van der Waals surface area contributed by atoms with Gasteiger partial charge in [-0.2, -0.15) is 158 Å². The Kier molecular flexibility index (Phi) is 16.2. The number of ether oxygens (including phenoxy) is 1. The number of hydrogen-bond donors (Lipinski definition) is 0. The zero-order valence-electron chi connectivity index (χ0n) is 29.4. The first-order chi connectivity index (χ1) is 28.6. The maximum absolute atomic E-state index is 13.9. The summed E-state index contributed by atoms with van der Waals surface area (Å²) in [4.78, 5) is 0. The Hall–Kier alpha value is -3.52. The third-order valence-corrected chi connectivity index (χ3v) is 8.13. The minimum atomic E-state index is -9.42. The van der Waals surface area contributed by atoms with Gasteiger partial charge in [-0.3, -0.25) is 0 Å². The predicted octanol–water partition coefficient (Wildman–Crippen LogP) is 14.8. The lowest BCUT2D eigenvalue weighted by molar-refractivity contribution is -0.465. The van der Waals surface area contributed by atoms with Gasteiger partial charge in [0.1, 0.15) is 0 Å². The van der Waals surface area contributed by atoms with Gasteiger partial charge in [0.2, 0.25) is 0 Å². The zero-order chi connectivity index (χ0) is 55.1. The molecule has 0 bridgehead atoms. The third kappa shape index (κ3) is 8.45. The summed E-state index contributed by atoms with van der Waals surface area (Å²) >= 11 is 0. The maximum atomic E-state index is 13.9. The second kappa shape index (κ2) is 17.1. The maximum Gasteiger partial charge on any atom is 0.385 e. The molecular formula is C26H10F40O. The summed E-state index contributed by atoms with van der Waals surface area (Å²) in [5.41, 5.74) is 0. The van der Waals surface area contributed by atoms with Gasteiger partial charge in [-0.05, 0) is 12.2 Å². The molecule has 0 saturated heterocycles. The fourth-order valence-corrected chi connectivity index (χ4v) is 3.93. The molecule has 0 aliphatic carbocycles. The zero-order valence-corrected chi connectivity index (χ0v) is 29.4. The van der Waals surface area contributed by atoms with E-state index in [0.29, 0.717) is 0 Å². The molecule has 0 fully saturated rings. The minimum Gasteiger partial charge on any atom is -0.473 e. The molecule has 0 rings (SSSR count). The molecule has 0 aromatic heterocycles. The summed E-state index contributed by atoms with van der Waals surface area (Å²) in [6, 6.07) is 0. The van der Waals surface area contributed by atoms with E-state index in [2.05, 4.69) is 4.74 Å². The second-order valence-corrected chi connectivity index (χ2v) is 12.6. The van der Waals surface area contributed by atoms with Crippen molar-refractivity contribution in [2.75, 3.05) is 0 Å². The fraction of sp³-hybridized carbons (Fsp3) is 0.846. The van der Waals surface area contributed by atoms with Crippen molar-refractivity contribution >= 4 is 0 Å². The minimum absolute atomic E-state index is 0.999. The molecule has 0 saturated carbocycles. The van der Waals surface area contributed by atoms with E-state index in [4.69, 9.17) is 0 Å². The number of allylic oxidation sites excluding steroid dienone is 2. The highest BCUT2D eigenvalue weighted by Crippen LogP contribution is 2.68. The van der Waals surface area contributed by atoms with E-state index >= 15 is 0 Å². The Bertz CT molecular complexity index is 1640. The molecule has 0 aromatic rings. The topological polar surface area (TPSA) is 9.23 Å². The van der Waals surface area contributed by atoms with Crippen molar-refractivity contribution < 1.29 is 180 Å². The number of hydrogen-bond acceptors (Lipinski definition) is 1. The fourth-order valence-electron chi connectivity index (χ4n) is 3.93. The molecular weight excluding hydrogens is 1090 g/mol. The van der Waals surface area contributed by atoms with Crippen LogP contribution in [0.5, 0.6) is 0 Å². The quantitative estimate of drug-likeness (QED) is 0.0691. The van der Waals surface area contributed by atoms with E-state index in [1.807, 2.05) is 0 Å². The van der Waals surface area contributed by atoms with Crippen LogP contribution in [-0.2, 0) is 4.74 Å². The highest BCUT2D eigenvalue weighted by molar-refractivity contribution is 5.20. The molecule has 0 atom stereocenters. The van der Waals surface area contributed by atoms with Crippen molar-refractivity contribution in [3.05, 3.63) is 24.7 Å². The van der Waals surface area contributed by atoms with Crippen LogP contribution in [0.1, 0.15) is 12.8 Å². The molecule has 400 valence electrons. The average molecular weight is 1100 g/mol. The molecule has 0 N–H and O–H groups in total. The number of halogens is 40. The molecule has 0 heterocycles. The number of rotatable bonds is 24. The number of alkyl halides is 40. The molecule has 1 nitrogen and oxygen atoms in total. The van der Waals surface area contributed by atoms with Gasteiger partial charge in [-0.1, -0.05) is 0 Å². The summed E-state index contributed by atoms with van der Waals surface area (Å²) in [5.74, 6) is -158. The van der Waals surface area contributed by atoms with E-state index < -0.39 is 157 Å². The van der Waals surface area contributed by atoms with Gasteiger partial charge < -0.3 is 4.74 Å². The van der Waals surface area contributed by atoms with Crippen LogP contribution in [-0.4, -0.2) is 119 Å². The van der Waals surface area contributed by atoms with E-state index in [1.54, 1.807) is 0 Å². The lowest BCUT2D eigenvalue weighted by Gasteiger charge is -2.44. The normalized spacial score (nSPS) is 16.9. The van der Waals surface area contributed by atoms with Crippen LogP contribution in [0.15, 0.2) is 24.7 Å². The Labute approximate surface area is 338 Å². The van der Waals surface area contributed by atoms with Gasteiger partial charge in [-0.15, -0.1) is 0 Å². The molecule has 0 aromatic carbocycles. The monoisotopic (exact) mass is 1100 g/mol. The lowest BCUT2D eigenvalue weighted by Crippen LogP contribution is -2.76. The third-order valence-electron chi connectivity index (χ3n) is 8.13. The Balaban J connectivity index is 6.62. The highest BCUT2D eigenvalue weighted by atomic mass is 19.4. The molecule has 41 heteroatoms. The highest BCUT2D eigenvalue weighted by Gasteiger charge is 2.98. The lowest BCUT2D eigenvalue weighted by atomic mass is 9.86. The summed E-state index contributed by atoms with van der Waals surface area (Å²) in [5, 5.41) is 0. The van der Waals surface area contributed by atoms with Crippen LogP contribution < -0.4 is 0 Å². The van der Waals surface area contributed by atoms with Crippen LogP contribution in [0.25, 0.3) is 0 Å². The molecule has 0 aliphatic heterocycles. The van der Waals surface area contributed by atoms with E-state index in [0.717, 1.165) is 0 Å². The Morgan fingerprint density at radius 3 is 0.552 bits per heavy atom. The van der Waals surface area contributed by atoms with Crippen molar-refractivity contribution in [1.29, 1.82) is 0 Å². The first-order valence-electron chi connectivity index (χ1n) is 14.9. The van der Waals surface area contributed by atoms with Crippen molar-refractivity contribution in [3.8, 4) is 0 Å². The van der Waals surface area contributed by atoms with Crippen LogP contribution in [0.4, 0.5) is 176 Å². The summed E-state index contributed by atoms with van der Waals surface area (Å²) < 4.78 is 542. The summed E-state index contributed by atoms with van der Waals surface area (Å²) in [6.07, 6.45) is -24.2. The summed E-state index contributed by atoms with van der Waals surface area (Å²) in [6.45, 7) is 0. The van der Waals surface area contributed by atoms with E-state index in [9.17, 15) is 176 Å². The van der Waals surface area contributed by atoms with Gasteiger partial charge in [0.05, 0.1) is 12.5 Å². The van der Waals surface area contributed by atoms with E-state index in [-0.39, 0.29) is 0 Å². The van der Waals surface area contributed by atoms with Gasteiger partial charge >= 0.3 is 119 Å². The molecule has 0 radical (unpaired) electrons. The first-order valence-corrected chi connectivity index (χ1v) is 14.9. The molecule has 0 amide bonds. The van der Waals surface area contributed by atoms with Gasteiger partial charge in [0.25, 0.3) is 0 Å². The standard InChI is InChI=1S/C26H10F40O/c27-7(28)11(35,36)15(43,44)19(51,52)23(59,60)25(63,64)21(55,56)17(47,48)13(39,40)9(31,32)3-1-5-67-6-2-4-10(33,34)14(41,42)18(49,50)22(57,58)26(65,66)24(61,62)20(53,54)16(45,46)12(37,38)8(29)30/h1-2,5-8H,3-4H2. The van der Waals surface area contributed by atoms with Gasteiger partial charge in [0, 0.05) is 12.8 Å².